The smallest absolute Gasteiger partial charge is 0.343 e. The molecule has 0 spiro atoms. The zero-order valence-corrected chi connectivity index (χ0v) is 8.42. The van der Waals surface area contributed by atoms with E-state index in [9.17, 15) is 26.7 Å². The van der Waals surface area contributed by atoms with Crippen molar-refractivity contribution in [2.45, 2.75) is 18.6 Å². The largest absolute Gasteiger partial charge is 0.463 e. The molecule has 1 N–H and O–H groups in total. The van der Waals surface area contributed by atoms with Gasteiger partial charge in [-0.05, 0) is 0 Å². The molecule has 1 rings (SSSR count). The molecule has 0 saturated heterocycles. The summed E-state index contributed by atoms with van der Waals surface area (Å²) < 4.78 is 61.6. The number of aryl methyl sites for hydroxylation is 1. The SMILES string of the molecule is Cn1cnnc1CNC(=O)C(F)(F)C(F)(F)F. The fraction of sp³-hybridized carbons (Fsp3) is 0.571. The van der Waals surface area contributed by atoms with Crippen molar-refractivity contribution in [2.24, 2.45) is 7.05 Å². The van der Waals surface area contributed by atoms with Crippen LogP contribution in [-0.4, -0.2) is 32.8 Å². The Bertz CT molecular complexity index is 413. The highest BCUT2D eigenvalue weighted by atomic mass is 19.4. The van der Waals surface area contributed by atoms with Crippen molar-refractivity contribution in [3.8, 4) is 0 Å². The predicted molar refractivity (Wildman–Crippen MR) is 43.9 cm³/mol. The molecule has 1 aromatic rings. The number of rotatable bonds is 3. The van der Waals surface area contributed by atoms with Crippen LogP contribution in [-0.2, 0) is 18.4 Å². The first-order valence-corrected chi connectivity index (χ1v) is 4.22. The van der Waals surface area contributed by atoms with Gasteiger partial charge in [-0.15, -0.1) is 10.2 Å². The Morgan fingerprint density at radius 3 is 2.41 bits per heavy atom. The zero-order valence-electron chi connectivity index (χ0n) is 8.42. The maximum Gasteiger partial charge on any atom is 0.463 e. The summed E-state index contributed by atoms with van der Waals surface area (Å²) in [6.45, 7) is -0.568. The summed E-state index contributed by atoms with van der Waals surface area (Å²) in [6, 6.07) is 0. The highest BCUT2D eigenvalue weighted by molar-refractivity contribution is 5.84. The minimum absolute atomic E-state index is 0.0522. The van der Waals surface area contributed by atoms with Crippen molar-refractivity contribution in [1.82, 2.24) is 20.1 Å². The minimum atomic E-state index is -5.92. The third kappa shape index (κ3) is 2.68. The average molecular weight is 258 g/mol. The Balaban J connectivity index is 2.65. The Hall–Kier alpha value is -1.74. The fourth-order valence-corrected chi connectivity index (χ4v) is 0.866. The van der Waals surface area contributed by atoms with Gasteiger partial charge in [0.15, 0.2) is 5.82 Å². The van der Waals surface area contributed by atoms with Gasteiger partial charge in [-0.2, -0.15) is 22.0 Å². The molecule has 0 unspecified atom stereocenters. The number of hydrogen-bond acceptors (Lipinski definition) is 3. The van der Waals surface area contributed by atoms with Gasteiger partial charge in [0, 0.05) is 7.05 Å². The number of carbonyl (C=O) groups is 1. The number of amides is 1. The van der Waals surface area contributed by atoms with Crippen LogP contribution < -0.4 is 5.32 Å². The number of nitrogens with zero attached hydrogens (tertiary/aromatic N) is 3. The number of aromatic nitrogens is 3. The molecular formula is C7H7F5N4O. The molecule has 0 aliphatic carbocycles. The lowest BCUT2D eigenvalue weighted by Gasteiger charge is -2.18. The van der Waals surface area contributed by atoms with Gasteiger partial charge in [-0.25, -0.2) is 0 Å². The first-order chi connectivity index (χ1) is 7.66. The molecule has 1 heterocycles. The second kappa shape index (κ2) is 4.26. The lowest BCUT2D eigenvalue weighted by molar-refractivity contribution is -0.269. The molecule has 0 fully saturated rings. The van der Waals surface area contributed by atoms with Crippen LogP contribution in [0.15, 0.2) is 6.33 Å². The van der Waals surface area contributed by atoms with E-state index in [2.05, 4.69) is 10.2 Å². The first kappa shape index (κ1) is 13.3. The van der Waals surface area contributed by atoms with Gasteiger partial charge >= 0.3 is 18.0 Å². The Labute approximate surface area is 91.6 Å². The van der Waals surface area contributed by atoms with Gasteiger partial charge in [-0.1, -0.05) is 0 Å². The van der Waals surface area contributed by atoms with E-state index in [0.717, 1.165) is 0 Å². The quantitative estimate of drug-likeness (QED) is 0.809. The third-order valence-electron chi connectivity index (χ3n) is 1.85. The van der Waals surface area contributed by atoms with Crippen molar-refractivity contribution in [1.29, 1.82) is 0 Å². The molecule has 10 heteroatoms. The second-order valence-corrected chi connectivity index (χ2v) is 3.11. The molecule has 5 nitrogen and oxygen atoms in total. The van der Waals surface area contributed by atoms with E-state index < -0.39 is 24.6 Å². The van der Waals surface area contributed by atoms with Crippen LogP contribution in [0.4, 0.5) is 22.0 Å². The molecule has 0 bridgehead atoms. The maximum absolute atomic E-state index is 12.5. The number of halogens is 5. The summed E-state index contributed by atoms with van der Waals surface area (Å²) in [4.78, 5) is 10.7. The van der Waals surface area contributed by atoms with Crippen LogP contribution in [0, 0.1) is 0 Å². The molecular weight excluding hydrogens is 251 g/mol. The molecule has 96 valence electrons. The summed E-state index contributed by atoms with van der Waals surface area (Å²) in [5, 5.41) is 8.21. The van der Waals surface area contributed by atoms with E-state index >= 15 is 0 Å². The highest BCUT2D eigenvalue weighted by Gasteiger charge is 2.63. The van der Waals surface area contributed by atoms with Crippen LogP contribution >= 0.6 is 0 Å². The molecule has 0 atom stereocenters. The van der Waals surface area contributed by atoms with Gasteiger partial charge in [-0.3, -0.25) is 4.79 Å². The monoisotopic (exact) mass is 258 g/mol. The minimum Gasteiger partial charge on any atom is -0.343 e. The standard InChI is InChI=1S/C7H7F5N4O/c1-16-3-14-15-4(16)2-13-5(17)6(8,9)7(10,11)12/h3H,2H2,1H3,(H,13,17). The molecule has 0 aromatic carbocycles. The number of hydrogen-bond donors (Lipinski definition) is 1. The van der Waals surface area contributed by atoms with Gasteiger partial charge in [0.2, 0.25) is 0 Å². The average Bonchev–Trinajstić information content (AvgIpc) is 2.58. The van der Waals surface area contributed by atoms with Crippen molar-refractivity contribution >= 4 is 5.91 Å². The van der Waals surface area contributed by atoms with Gasteiger partial charge in [0.25, 0.3) is 0 Å². The zero-order chi connectivity index (χ0) is 13.3. The van der Waals surface area contributed by atoms with Crippen LogP contribution in [0.1, 0.15) is 5.82 Å². The Morgan fingerprint density at radius 2 is 2.00 bits per heavy atom. The van der Waals surface area contributed by atoms with E-state index in [1.165, 1.54) is 23.3 Å². The molecule has 0 aliphatic rings. The van der Waals surface area contributed by atoms with E-state index in [0.29, 0.717) is 0 Å². The molecule has 0 aliphatic heterocycles. The van der Waals surface area contributed by atoms with E-state index in [1.54, 1.807) is 0 Å². The van der Waals surface area contributed by atoms with Crippen LogP contribution in [0.5, 0.6) is 0 Å². The van der Waals surface area contributed by atoms with Gasteiger partial charge < -0.3 is 9.88 Å². The fourth-order valence-electron chi connectivity index (χ4n) is 0.866. The summed E-state index contributed by atoms with van der Waals surface area (Å²) in [7, 11) is 1.45. The second-order valence-electron chi connectivity index (χ2n) is 3.11. The molecule has 0 saturated carbocycles. The summed E-state index contributed by atoms with van der Waals surface area (Å²) in [5.41, 5.74) is 0. The Morgan fingerprint density at radius 1 is 1.41 bits per heavy atom. The summed E-state index contributed by atoms with van der Waals surface area (Å²) in [5.74, 6) is -7.80. The van der Waals surface area contributed by atoms with E-state index in [-0.39, 0.29) is 5.82 Å². The van der Waals surface area contributed by atoms with Crippen LogP contribution in [0.25, 0.3) is 0 Å². The van der Waals surface area contributed by atoms with Crippen LogP contribution in [0.2, 0.25) is 0 Å². The van der Waals surface area contributed by atoms with Crippen molar-refractivity contribution < 1.29 is 26.7 Å². The van der Waals surface area contributed by atoms with E-state index in [4.69, 9.17) is 0 Å². The van der Waals surface area contributed by atoms with E-state index in [1.807, 2.05) is 0 Å². The van der Waals surface area contributed by atoms with Crippen molar-refractivity contribution in [3.63, 3.8) is 0 Å². The Kier molecular flexibility index (Phi) is 3.34. The van der Waals surface area contributed by atoms with Gasteiger partial charge in [0.05, 0.1) is 6.54 Å². The number of nitrogens with one attached hydrogen (secondary N) is 1. The summed E-state index contributed by atoms with van der Waals surface area (Å²) >= 11 is 0. The highest BCUT2D eigenvalue weighted by Crippen LogP contribution is 2.35. The lowest BCUT2D eigenvalue weighted by atomic mass is 10.3. The van der Waals surface area contributed by atoms with Gasteiger partial charge in [0.1, 0.15) is 6.33 Å². The molecule has 17 heavy (non-hydrogen) atoms. The summed E-state index contributed by atoms with van der Waals surface area (Å²) in [6.07, 6.45) is -4.71. The third-order valence-corrected chi connectivity index (χ3v) is 1.85. The van der Waals surface area contributed by atoms with Crippen molar-refractivity contribution in [2.75, 3.05) is 0 Å². The number of carbonyl (C=O) groups excluding carboxylic acids is 1. The topological polar surface area (TPSA) is 59.8 Å². The predicted octanol–water partition coefficient (Wildman–Crippen LogP) is 0.629. The molecule has 1 amide bonds. The first-order valence-electron chi connectivity index (χ1n) is 4.22. The van der Waals surface area contributed by atoms with Crippen LogP contribution in [0.3, 0.4) is 0 Å². The van der Waals surface area contributed by atoms with Crippen molar-refractivity contribution in [3.05, 3.63) is 12.2 Å². The maximum atomic E-state index is 12.5. The number of alkyl halides is 5. The lowest BCUT2D eigenvalue weighted by Crippen LogP contribution is -2.50. The normalized spacial score (nSPS) is 12.6. The molecule has 1 aromatic heterocycles. The molecule has 0 radical (unpaired) electrons.